The maximum Gasteiger partial charge on any atom is 0.191 e. The Bertz CT molecular complexity index is 165. The van der Waals surface area contributed by atoms with Crippen molar-refractivity contribution < 1.29 is 9.22 Å². The highest BCUT2D eigenvalue weighted by atomic mass is 28.3. The van der Waals surface area contributed by atoms with E-state index in [1.165, 1.54) is 6.17 Å². The smallest absolute Gasteiger partial charge is 0.191 e. The van der Waals surface area contributed by atoms with Crippen LogP contribution in [-0.2, 0) is 4.74 Å². The molecule has 0 aromatic rings. The molecule has 0 saturated heterocycles. The molecule has 0 bridgehead atoms. The van der Waals surface area contributed by atoms with Gasteiger partial charge in [-0.3, -0.25) is 0 Å². The normalized spacial score (nSPS) is 20.4. The highest BCUT2D eigenvalue weighted by molar-refractivity contribution is 6.76. The lowest BCUT2D eigenvalue weighted by atomic mass is 10.9. The van der Waals surface area contributed by atoms with Crippen molar-refractivity contribution in [1.82, 2.24) is 0 Å². The van der Waals surface area contributed by atoms with Crippen LogP contribution in [0.15, 0.2) is 12.4 Å². The zero-order valence-electron chi connectivity index (χ0n) is 7.92. The first-order valence-electron chi connectivity index (χ1n) is 4.03. The zero-order chi connectivity index (χ0) is 8.54. The monoisotopic (exact) mass is 172 g/mol. The second kappa shape index (κ2) is 2.73. The fraction of sp³-hybridized carbons (Fsp3) is 0.750. The molecule has 0 saturated carbocycles. The Kier molecular flexibility index (Phi) is 2.23. The Morgan fingerprint density at radius 3 is 2.09 bits per heavy atom. The summed E-state index contributed by atoms with van der Waals surface area (Å²) in [6.45, 7) is 8.00. The van der Waals surface area contributed by atoms with Gasteiger partial charge in [0.2, 0.25) is 0 Å². The van der Waals surface area contributed by atoms with E-state index in [2.05, 4.69) is 32.0 Å². The summed E-state index contributed by atoms with van der Waals surface area (Å²) in [6, 6.07) is 0. The summed E-state index contributed by atoms with van der Waals surface area (Å²) in [5, 5.41) is 0. The van der Waals surface area contributed by atoms with Crippen molar-refractivity contribution in [1.29, 1.82) is 0 Å². The minimum absolute atomic E-state index is 0.824. The van der Waals surface area contributed by atoms with Crippen LogP contribution in [0.1, 0.15) is 0 Å². The second-order valence-electron chi connectivity index (χ2n) is 4.54. The minimum atomic E-state index is -0.938. The molecule has 0 aliphatic carbocycles. The largest absolute Gasteiger partial charge is 0.334 e. The molecule has 0 aromatic heterocycles. The summed E-state index contributed by atoms with van der Waals surface area (Å²) in [5.74, 6) is 0. The van der Waals surface area contributed by atoms with Gasteiger partial charge in [0.05, 0.1) is 6.17 Å². The molecule has 2 nitrogen and oxygen atoms in total. The number of hydrogen-bond acceptors (Lipinski definition) is 1. The van der Waals surface area contributed by atoms with Crippen LogP contribution in [0.5, 0.6) is 0 Å². The molecule has 0 unspecified atom stereocenters. The molecule has 0 radical (unpaired) electrons. The van der Waals surface area contributed by atoms with Crippen molar-refractivity contribution in [2.24, 2.45) is 0 Å². The number of ether oxygens (including phenoxy) is 1. The molecule has 0 atom stereocenters. The van der Waals surface area contributed by atoms with Gasteiger partial charge in [-0.05, 0) is 0 Å². The van der Waals surface area contributed by atoms with Gasteiger partial charge in [-0.2, -0.15) is 0 Å². The first-order valence-corrected chi connectivity index (χ1v) is 7.74. The summed E-state index contributed by atoms with van der Waals surface area (Å²) in [5.41, 5.74) is 0. The first kappa shape index (κ1) is 8.97. The van der Waals surface area contributed by atoms with Crippen molar-refractivity contribution in [2.45, 2.75) is 19.6 Å². The van der Waals surface area contributed by atoms with Gasteiger partial charge in [-0.15, -0.1) is 0 Å². The SMILES string of the molecule is COC[N+]1(C[Si](C)(C)C)C=C1. The minimum Gasteiger partial charge on any atom is -0.334 e. The molecule has 0 fully saturated rings. The molecule has 0 amide bonds. The number of rotatable bonds is 4. The van der Waals surface area contributed by atoms with Crippen LogP contribution in [0.4, 0.5) is 0 Å². The van der Waals surface area contributed by atoms with Gasteiger partial charge in [0.1, 0.15) is 8.07 Å². The van der Waals surface area contributed by atoms with Crippen molar-refractivity contribution >= 4 is 8.07 Å². The van der Waals surface area contributed by atoms with Gasteiger partial charge in [0.15, 0.2) is 19.1 Å². The Balaban J connectivity index is 2.36. The predicted octanol–water partition coefficient (Wildman–Crippen LogP) is 1.77. The summed E-state index contributed by atoms with van der Waals surface area (Å²) in [6.07, 6.45) is 5.73. The molecule has 0 aromatic carbocycles. The number of methoxy groups -OCH3 is 1. The Morgan fingerprint density at radius 2 is 1.82 bits per heavy atom. The van der Waals surface area contributed by atoms with Gasteiger partial charge in [-0.25, -0.2) is 4.48 Å². The average molecular weight is 172 g/mol. The Hall–Kier alpha value is -0.123. The van der Waals surface area contributed by atoms with E-state index < -0.39 is 8.07 Å². The van der Waals surface area contributed by atoms with Crippen molar-refractivity contribution in [2.75, 3.05) is 20.0 Å². The first-order chi connectivity index (χ1) is 4.97. The van der Waals surface area contributed by atoms with Crippen molar-refractivity contribution in [3.05, 3.63) is 12.4 Å². The molecule has 0 spiro atoms. The Labute approximate surface area is 70.1 Å². The molecule has 1 heterocycles. The molecule has 1 aliphatic heterocycles. The lowest BCUT2D eigenvalue weighted by Gasteiger charge is -2.24. The predicted molar refractivity (Wildman–Crippen MR) is 49.5 cm³/mol. The topological polar surface area (TPSA) is 9.23 Å². The lowest BCUT2D eigenvalue weighted by molar-refractivity contribution is -0.781. The van der Waals surface area contributed by atoms with E-state index in [0.717, 1.165) is 11.2 Å². The molecule has 64 valence electrons. The van der Waals surface area contributed by atoms with Gasteiger partial charge < -0.3 is 4.74 Å². The fourth-order valence-electron chi connectivity index (χ4n) is 1.45. The van der Waals surface area contributed by atoms with Crippen LogP contribution >= 0.6 is 0 Å². The quantitative estimate of drug-likeness (QED) is 0.464. The maximum absolute atomic E-state index is 5.15. The van der Waals surface area contributed by atoms with Crippen LogP contribution in [0.25, 0.3) is 0 Å². The van der Waals surface area contributed by atoms with Gasteiger partial charge >= 0.3 is 0 Å². The third-order valence-electron chi connectivity index (χ3n) is 1.71. The van der Waals surface area contributed by atoms with E-state index >= 15 is 0 Å². The van der Waals surface area contributed by atoms with Gasteiger partial charge in [-0.1, -0.05) is 19.6 Å². The van der Waals surface area contributed by atoms with Crippen LogP contribution in [0.2, 0.25) is 19.6 Å². The molecule has 0 N–H and O–H groups in total. The maximum atomic E-state index is 5.15. The highest BCUT2D eigenvalue weighted by Crippen LogP contribution is 2.25. The van der Waals surface area contributed by atoms with E-state index in [1.54, 1.807) is 7.11 Å². The number of hydrogen-bond donors (Lipinski definition) is 0. The second-order valence-corrected chi connectivity index (χ2v) is 9.98. The van der Waals surface area contributed by atoms with Gasteiger partial charge in [0.25, 0.3) is 0 Å². The highest BCUT2D eigenvalue weighted by Gasteiger charge is 2.39. The standard InChI is InChI=1S/C8H18NOSi/c1-10-7-9(5-6-9)8-11(2,3)4/h5-6H,7-8H2,1-4H3/q+1. The number of quaternary nitrogens is 1. The van der Waals surface area contributed by atoms with Crippen LogP contribution in [0.3, 0.4) is 0 Å². The van der Waals surface area contributed by atoms with Crippen molar-refractivity contribution in [3.8, 4) is 0 Å². The van der Waals surface area contributed by atoms with E-state index in [0.29, 0.717) is 0 Å². The van der Waals surface area contributed by atoms with Crippen LogP contribution < -0.4 is 0 Å². The van der Waals surface area contributed by atoms with Gasteiger partial charge in [0, 0.05) is 7.11 Å². The summed E-state index contributed by atoms with van der Waals surface area (Å²) in [4.78, 5) is 0. The van der Waals surface area contributed by atoms with Crippen LogP contribution in [0, 0.1) is 0 Å². The summed E-state index contributed by atoms with van der Waals surface area (Å²) in [7, 11) is 0.830. The molecule has 1 rings (SSSR count). The van der Waals surface area contributed by atoms with E-state index in [-0.39, 0.29) is 0 Å². The average Bonchev–Trinajstić information content (AvgIpc) is 2.44. The van der Waals surface area contributed by atoms with E-state index in [9.17, 15) is 0 Å². The lowest BCUT2D eigenvalue weighted by Crippen LogP contribution is -2.42. The Morgan fingerprint density at radius 1 is 1.27 bits per heavy atom. The summed E-state index contributed by atoms with van der Waals surface area (Å²) >= 11 is 0. The molecular weight excluding hydrogens is 154 g/mol. The molecular formula is C8H18NOSi+. The van der Waals surface area contributed by atoms with E-state index in [1.807, 2.05) is 0 Å². The van der Waals surface area contributed by atoms with E-state index in [4.69, 9.17) is 4.74 Å². The molecule has 3 heteroatoms. The van der Waals surface area contributed by atoms with Crippen LogP contribution in [-0.4, -0.2) is 32.6 Å². The third-order valence-corrected chi connectivity index (χ3v) is 3.25. The summed E-state index contributed by atoms with van der Waals surface area (Å²) < 4.78 is 6.14. The fourth-order valence-corrected chi connectivity index (χ4v) is 3.52. The van der Waals surface area contributed by atoms with Crippen molar-refractivity contribution in [3.63, 3.8) is 0 Å². The molecule has 11 heavy (non-hydrogen) atoms. The zero-order valence-corrected chi connectivity index (χ0v) is 8.92. The number of nitrogens with zero attached hydrogens (tertiary/aromatic N) is 1. The molecule has 1 aliphatic rings. The third kappa shape index (κ3) is 2.77.